The van der Waals surface area contributed by atoms with Crippen LogP contribution >= 0.6 is 34.9 Å². The van der Waals surface area contributed by atoms with Gasteiger partial charge in [-0.1, -0.05) is 23.9 Å². The average molecular weight is 467 g/mol. The Morgan fingerprint density at radius 3 is 2.17 bits per heavy atom. The van der Waals surface area contributed by atoms with Gasteiger partial charge in [0.05, 0.1) is 5.56 Å². The number of thioether (sulfide) groups is 1. The van der Waals surface area contributed by atoms with Crippen molar-refractivity contribution < 1.29 is 26.3 Å². The first kappa shape index (κ1) is 21.9. The second-order valence-electron chi connectivity index (χ2n) is 5.71. The summed E-state index contributed by atoms with van der Waals surface area (Å²) in [5.41, 5.74) is -0.620. The van der Waals surface area contributed by atoms with E-state index in [0.717, 1.165) is 47.4 Å². The summed E-state index contributed by atoms with van der Waals surface area (Å²) in [6.45, 7) is 1.77. The lowest BCUT2D eigenvalue weighted by Gasteiger charge is -2.10. The van der Waals surface area contributed by atoms with Crippen molar-refractivity contribution in [1.29, 1.82) is 0 Å². The van der Waals surface area contributed by atoms with Crippen molar-refractivity contribution in [2.45, 2.75) is 39.6 Å². The van der Waals surface area contributed by atoms with Gasteiger partial charge in [0.25, 0.3) is 0 Å². The second-order valence-corrected chi connectivity index (χ2v) is 8.78. The molecule has 0 bridgehead atoms. The quantitative estimate of drug-likeness (QED) is 0.180. The van der Waals surface area contributed by atoms with Crippen molar-refractivity contribution in [2.24, 2.45) is 0 Å². The summed E-state index contributed by atoms with van der Waals surface area (Å²) < 4.78 is 77.9. The van der Waals surface area contributed by atoms with Gasteiger partial charge in [0.15, 0.2) is 9.50 Å². The van der Waals surface area contributed by atoms with E-state index in [1.54, 1.807) is 12.3 Å². The van der Waals surface area contributed by atoms with Gasteiger partial charge in [-0.2, -0.15) is 26.3 Å². The highest BCUT2D eigenvalue weighted by atomic mass is 32.2. The molecule has 0 atom stereocenters. The molecule has 12 heteroatoms. The van der Waals surface area contributed by atoms with Gasteiger partial charge in [0.2, 0.25) is 0 Å². The van der Waals surface area contributed by atoms with Crippen LogP contribution in [0, 0.1) is 6.92 Å². The molecule has 2 heterocycles. The number of aryl methyl sites for hydroxylation is 1. The highest BCUT2D eigenvalue weighted by Gasteiger charge is 2.34. The number of hydrogen-bond donors (Lipinski definition) is 0. The Morgan fingerprint density at radius 1 is 0.931 bits per heavy atom. The number of hydrogen-bond acceptors (Lipinski definition) is 6. The maximum atomic E-state index is 13.2. The third-order valence-electron chi connectivity index (χ3n) is 3.41. The van der Waals surface area contributed by atoms with Crippen molar-refractivity contribution in [3.63, 3.8) is 0 Å². The summed E-state index contributed by atoms with van der Waals surface area (Å²) in [6.07, 6.45) is -9.10. The summed E-state index contributed by atoms with van der Waals surface area (Å²) in [7, 11) is 0. The molecule has 3 rings (SSSR count). The van der Waals surface area contributed by atoms with Crippen LogP contribution in [0.25, 0.3) is 0 Å². The van der Waals surface area contributed by atoms with Crippen molar-refractivity contribution in [1.82, 2.24) is 15.0 Å². The zero-order chi connectivity index (χ0) is 21.2. The first-order valence-electron chi connectivity index (χ1n) is 7.86. The fraction of sp³-hybridized carbons (Fsp3) is 0.235. The first-order valence-corrected chi connectivity index (χ1v) is 10.5. The fourth-order valence-corrected chi connectivity index (χ4v) is 4.73. The molecular formula is C17H11F6N3S3. The van der Waals surface area contributed by atoms with Crippen molar-refractivity contribution in [3.8, 4) is 0 Å². The van der Waals surface area contributed by atoms with Crippen LogP contribution in [0.1, 0.15) is 22.5 Å². The van der Waals surface area contributed by atoms with Gasteiger partial charge in [-0.3, -0.25) is 0 Å². The molecule has 1 aromatic carbocycles. The number of thiazole rings is 1. The molecular weight excluding hydrogens is 456 g/mol. The molecule has 0 fully saturated rings. The van der Waals surface area contributed by atoms with Crippen molar-refractivity contribution in [3.05, 3.63) is 58.2 Å². The van der Waals surface area contributed by atoms with Crippen LogP contribution in [0.2, 0.25) is 0 Å². The molecule has 0 unspecified atom stereocenters. The number of alkyl halides is 6. The molecule has 0 N–H and O–H groups in total. The number of benzene rings is 1. The van der Waals surface area contributed by atoms with E-state index < -0.39 is 23.6 Å². The summed E-state index contributed by atoms with van der Waals surface area (Å²) >= 11 is 3.20. The Hall–Kier alpha value is -1.79. The molecule has 0 aliphatic heterocycles. The fourth-order valence-electron chi connectivity index (χ4n) is 2.07. The van der Waals surface area contributed by atoms with E-state index in [2.05, 4.69) is 15.0 Å². The minimum Gasteiger partial charge on any atom is -0.235 e. The topological polar surface area (TPSA) is 38.7 Å². The first-order chi connectivity index (χ1) is 13.5. The van der Waals surface area contributed by atoms with E-state index in [0.29, 0.717) is 9.90 Å². The van der Waals surface area contributed by atoms with Crippen molar-refractivity contribution >= 4 is 34.9 Å². The van der Waals surface area contributed by atoms with Crippen molar-refractivity contribution in [2.75, 3.05) is 0 Å². The monoisotopic (exact) mass is 467 g/mol. The van der Waals surface area contributed by atoms with Crippen LogP contribution in [0.15, 0.2) is 50.2 Å². The highest BCUT2D eigenvalue weighted by molar-refractivity contribution is 8.01. The van der Waals surface area contributed by atoms with E-state index in [9.17, 15) is 26.3 Å². The lowest BCUT2D eigenvalue weighted by atomic mass is 10.1. The summed E-state index contributed by atoms with van der Waals surface area (Å²) in [5, 5.41) is 1.75. The molecule has 0 radical (unpaired) electrons. The minimum atomic E-state index is -4.65. The molecule has 0 aliphatic rings. The van der Waals surface area contributed by atoms with E-state index in [4.69, 9.17) is 0 Å². The highest BCUT2D eigenvalue weighted by Crippen LogP contribution is 2.36. The molecule has 154 valence electrons. The van der Waals surface area contributed by atoms with Crippen LogP contribution in [0.3, 0.4) is 0 Å². The van der Waals surface area contributed by atoms with Gasteiger partial charge in [-0.05, 0) is 36.4 Å². The predicted molar refractivity (Wildman–Crippen MR) is 99.0 cm³/mol. The van der Waals surface area contributed by atoms with Crippen LogP contribution in [-0.4, -0.2) is 15.0 Å². The molecule has 3 nitrogen and oxygen atoms in total. The molecule has 29 heavy (non-hydrogen) atoms. The SMILES string of the molecule is Cc1csc(Sc2cc(C(F)(F)F)nc(SCc3ccc(C(F)(F)F)cc3)n2)n1. The molecule has 0 saturated heterocycles. The van der Waals surface area contributed by atoms with Crippen LogP contribution in [0.5, 0.6) is 0 Å². The summed E-state index contributed by atoms with van der Waals surface area (Å²) in [4.78, 5) is 11.9. The van der Waals surface area contributed by atoms with Gasteiger partial charge in [0, 0.05) is 22.9 Å². The molecule has 0 amide bonds. The van der Waals surface area contributed by atoms with E-state index in [1.807, 2.05) is 0 Å². The van der Waals surface area contributed by atoms with Gasteiger partial charge in [-0.15, -0.1) is 11.3 Å². The number of halogens is 6. The molecule has 2 aromatic heterocycles. The molecule has 0 spiro atoms. The van der Waals surface area contributed by atoms with Gasteiger partial charge in [-0.25, -0.2) is 15.0 Å². The summed E-state index contributed by atoms with van der Waals surface area (Å²) in [5.74, 6) is 0.125. The van der Waals surface area contributed by atoms with Gasteiger partial charge < -0.3 is 0 Å². The summed E-state index contributed by atoms with van der Waals surface area (Å²) in [6, 6.07) is 5.25. The smallest absolute Gasteiger partial charge is 0.235 e. The zero-order valence-corrected chi connectivity index (χ0v) is 17.0. The van der Waals surface area contributed by atoms with Crippen LogP contribution in [-0.2, 0) is 18.1 Å². The van der Waals surface area contributed by atoms with E-state index in [1.165, 1.54) is 23.5 Å². The molecule has 0 saturated carbocycles. The lowest BCUT2D eigenvalue weighted by molar-refractivity contribution is -0.142. The molecule has 0 aliphatic carbocycles. The third-order valence-corrected chi connectivity index (χ3v) is 6.30. The normalized spacial score (nSPS) is 12.4. The predicted octanol–water partition coefficient (Wildman–Crippen LogP) is 6.72. The Balaban J connectivity index is 1.79. The number of rotatable bonds is 5. The van der Waals surface area contributed by atoms with Gasteiger partial charge in [0.1, 0.15) is 10.7 Å². The second kappa shape index (κ2) is 8.52. The largest absolute Gasteiger partial charge is 0.433 e. The average Bonchev–Trinajstić information content (AvgIpc) is 3.03. The maximum Gasteiger partial charge on any atom is 0.433 e. The van der Waals surface area contributed by atoms with Crippen LogP contribution < -0.4 is 0 Å². The Labute approximate surface area is 174 Å². The van der Waals surface area contributed by atoms with E-state index >= 15 is 0 Å². The number of nitrogens with zero attached hydrogens (tertiary/aromatic N) is 3. The van der Waals surface area contributed by atoms with E-state index in [-0.39, 0.29) is 15.9 Å². The van der Waals surface area contributed by atoms with Crippen LogP contribution in [0.4, 0.5) is 26.3 Å². The Morgan fingerprint density at radius 2 is 1.62 bits per heavy atom. The number of aromatic nitrogens is 3. The van der Waals surface area contributed by atoms with Gasteiger partial charge >= 0.3 is 12.4 Å². The Bertz CT molecular complexity index is 983. The standard InChI is InChI=1S/C17H11F6N3S3/c1-9-7-28-15(24-9)29-13-6-12(17(21,22)23)25-14(26-13)27-8-10-2-4-11(5-3-10)16(18,19)20/h2-7H,8H2,1H3. The minimum absolute atomic E-state index is 0.0941. The maximum absolute atomic E-state index is 13.2. The molecule has 3 aromatic rings. The lowest BCUT2D eigenvalue weighted by Crippen LogP contribution is -2.10. The zero-order valence-electron chi connectivity index (χ0n) is 14.5. The third kappa shape index (κ3) is 6.09. The Kier molecular flexibility index (Phi) is 6.44.